The number of aromatic carboxylic acids is 1. The number of halogens is 1. The third-order valence-corrected chi connectivity index (χ3v) is 6.27. The molecule has 0 unspecified atom stereocenters. The largest absolute Gasteiger partial charge is 0.478 e. The van der Waals surface area contributed by atoms with Crippen LogP contribution in [0.5, 0.6) is 0 Å². The van der Waals surface area contributed by atoms with Gasteiger partial charge in [0.05, 0.1) is 21.0 Å². The van der Waals surface area contributed by atoms with Crippen molar-refractivity contribution in [3.8, 4) is 0 Å². The standard InChI is InChI=1S/C18H19ClN2O5S/c1-3-21(4-2)27(25,26)14-8-9-16(19)15(11-14)17(22)20-13-7-5-6-12(10-13)18(23)24/h5-11H,3-4H2,1-2H3,(H,20,22)(H,23,24). The van der Waals surface area contributed by atoms with Gasteiger partial charge in [0.25, 0.3) is 5.91 Å². The molecule has 0 spiro atoms. The van der Waals surface area contributed by atoms with Crippen molar-refractivity contribution >= 4 is 39.2 Å². The molecule has 2 aromatic rings. The quantitative estimate of drug-likeness (QED) is 0.728. The fourth-order valence-electron chi connectivity index (χ4n) is 2.48. The summed E-state index contributed by atoms with van der Waals surface area (Å²) in [5.74, 6) is -1.77. The maximum atomic E-state index is 12.6. The molecule has 0 saturated carbocycles. The molecule has 0 aliphatic heterocycles. The van der Waals surface area contributed by atoms with Crippen molar-refractivity contribution in [1.82, 2.24) is 4.31 Å². The Balaban J connectivity index is 2.37. The van der Waals surface area contributed by atoms with Crippen LogP contribution in [-0.2, 0) is 10.0 Å². The second-order valence-electron chi connectivity index (χ2n) is 5.57. The lowest BCUT2D eigenvalue weighted by atomic mass is 10.1. The molecule has 2 N–H and O–H groups in total. The van der Waals surface area contributed by atoms with E-state index < -0.39 is 21.9 Å². The SMILES string of the molecule is CCN(CC)S(=O)(=O)c1ccc(Cl)c(C(=O)Nc2cccc(C(=O)O)c2)c1. The van der Waals surface area contributed by atoms with Crippen LogP contribution in [0.4, 0.5) is 5.69 Å². The van der Waals surface area contributed by atoms with Crippen LogP contribution in [0.2, 0.25) is 5.02 Å². The first-order valence-electron chi connectivity index (χ1n) is 8.15. The van der Waals surface area contributed by atoms with Gasteiger partial charge in [-0.2, -0.15) is 4.31 Å². The van der Waals surface area contributed by atoms with E-state index in [0.29, 0.717) is 13.1 Å². The lowest BCUT2D eigenvalue weighted by Gasteiger charge is -2.19. The molecule has 0 aliphatic carbocycles. The van der Waals surface area contributed by atoms with Crippen molar-refractivity contribution in [2.75, 3.05) is 18.4 Å². The molecule has 0 aromatic heterocycles. The fraction of sp³-hybridized carbons (Fsp3) is 0.222. The lowest BCUT2D eigenvalue weighted by molar-refractivity contribution is 0.0696. The lowest BCUT2D eigenvalue weighted by Crippen LogP contribution is -2.30. The summed E-state index contributed by atoms with van der Waals surface area (Å²) in [6, 6.07) is 9.61. The van der Waals surface area contributed by atoms with E-state index in [4.69, 9.17) is 16.7 Å². The van der Waals surface area contributed by atoms with E-state index in [0.717, 1.165) is 0 Å². The van der Waals surface area contributed by atoms with Crippen molar-refractivity contribution in [3.05, 3.63) is 58.6 Å². The van der Waals surface area contributed by atoms with Gasteiger partial charge >= 0.3 is 5.97 Å². The third kappa shape index (κ3) is 4.65. The van der Waals surface area contributed by atoms with E-state index in [-0.39, 0.29) is 26.7 Å². The zero-order valence-corrected chi connectivity index (χ0v) is 16.3. The van der Waals surface area contributed by atoms with Crippen molar-refractivity contribution in [2.24, 2.45) is 0 Å². The van der Waals surface area contributed by atoms with Gasteiger partial charge in [0.15, 0.2) is 0 Å². The van der Waals surface area contributed by atoms with Crippen LogP contribution in [0.1, 0.15) is 34.6 Å². The Kier molecular flexibility index (Phi) is 6.59. The van der Waals surface area contributed by atoms with Crippen LogP contribution < -0.4 is 5.32 Å². The molecular formula is C18H19ClN2O5S. The first-order valence-corrected chi connectivity index (χ1v) is 9.96. The minimum atomic E-state index is -3.75. The topological polar surface area (TPSA) is 104 Å². The van der Waals surface area contributed by atoms with E-state index >= 15 is 0 Å². The highest BCUT2D eigenvalue weighted by molar-refractivity contribution is 7.89. The van der Waals surface area contributed by atoms with Gasteiger partial charge < -0.3 is 10.4 Å². The van der Waals surface area contributed by atoms with Gasteiger partial charge in [-0.3, -0.25) is 4.79 Å². The number of sulfonamides is 1. The number of hydrogen-bond donors (Lipinski definition) is 2. The highest BCUT2D eigenvalue weighted by Crippen LogP contribution is 2.24. The van der Waals surface area contributed by atoms with E-state index in [1.54, 1.807) is 13.8 Å². The fourth-order valence-corrected chi connectivity index (χ4v) is 4.17. The average Bonchev–Trinajstić information content (AvgIpc) is 2.62. The Labute approximate surface area is 162 Å². The van der Waals surface area contributed by atoms with E-state index in [1.807, 2.05) is 0 Å². The molecule has 7 nitrogen and oxygen atoms in total. The molecule has 2 rings (SSSR count). The zero-order valence-electron chi connectivity index (χ0n) is 14.8. The van der Waals surface area contributed by atoms with Crippen LogP contribution in [-0.4, -0.2) is 42.8 Å². The summed E-state index contributed by atoms with van der Waals surface area (Å²) in [4.78, 5) is 23.5. The summed E-state index contributed by atoms with van der Waals surface area (Å²) in [6.07, 6.45) is 0. The molecule has 0 bridgehead atoms. The predicted octanol–water partition coefficient (Wildman–Crippen LogP) is 3.32. The van der Waals surface area contributed by atoms with Gasteiger partial charge in [-0.05, 0) is 36.4 Å². The molecule has 2 aromatic carbocycles. The number of amides is 1. The zero-order chi connectivity index (χ0) is 20.2. The second-order valence-corrected chi connectivity index (χ2v) is 7.92. The molecule has 1 amide bonds. The monoisotopic (exact) mass is 410 g/mol. The molecule has 0 fully saturated rings. The Morgan fingerprint density at radius 3 is 2.37 bits per heavy atom. The maximum absolute atomic E-state index is 12.6. The van der Waals surface area contributed by atoms with Gasteiger partial charge in [0, 0.05) is 18.8 Å². The Morgan fingerprint density at radius 2 is 1.78 bits per heavy atom. The number of carboxylic acids is 1. The van der Waals surface area contributed by atoms with Gasteiger partial charge in [-0.25, -0.2) is 13.2 Å². The minimum absolute atomic E-state index is 0.0109. The Bertz CT molecular complexity index is 971. The smallest absolute Gasteiger partial charge is 0.335 e. The summed E-state index contributed by atoms with van der Waals surface area (Å²) in [7, 11) is -3.75. The highest BCUT2D eigenvalue weighted by Gasteiger charge is 2.24. The first kappa shape index (κ1) is 20.9. The number of benzene rings is 2. The number of carbonyl (C=O) groups excluding carboxylic acids is 1. The summed E-state index contributed by atoms with van der Waals surface area (Å²) < 4.78 is 26.6. The first-order chi connectivity index (χ1) is 12.7. The van der Waals surface area contributed by atoms with Crippen LogP contribution in [0.25, 0.3) is 0 Å². The van der Waals surface area contributed by atoms with Crippen molar-refractivity contribution < 1.29 is 23.1 Å². The van der Waals surface area contributed by atoms with Gasteiger partial charge in [0.1, 0.15) is 0 Å². The second kappa shape index (κ2) is 8.51. The summed E-state index contributed by atoms with van der Waals surface area (Å²) in [5.41, 5.74) is 0.246. The Hall–Kier alpha value is -2.42. The number of anilines is 1. The van der Waals surface area contributed by atoms with Crippen molar-refractivity contribution in [3.63, 3.8) is 0 Å². The number of hydrogen-bond acceptors (Lipinski definition) is 4. The molecule has 0 atom stereocenters. The molecule has 9 heteroatoms. The van der Waals surface area contributed by atoms with Crippen LogP contribution in [0.15, 0.2) is 47.4 Å². The number of carbonyl (C=O) groups is 2. The summed E-state index contributed by atoms with van der Waals surface area (Å²) >= 11 is 6.07. The molecule has 27 heavy (non-hydrogen) atoms. The number of nitrogens with zero attached hydrogens (tertiary/aromatic N) is 1. The number of rotatable bonds is 7. The third-order valence-electron chi connectivity index (χ3n) is 3.89. The normalized spacial score (nSPS) is 11.4. The highest BCUT2D eigenvalue weighted by atomic mass is 35.5. The van der Waals surface area contributed by atoms with Crippen LogP contribution in [0.3, 0.4) is 0 Å². The molecule has 0 saturated heterocycles. The van der Waals surface area contributed by atoms with Crippen LogP contribution in [0, 0.1) is 0 Å². The van der Waals surface area contributed by atoms with Crippen LogP contribution >= 0.6 is 11.6 Å². The van der Waals surface area contributed by atoms with Gasteiger partial charge in [-0.1, -0.05) is 31.5 Å². The van der Waals surface area contributed by atoms with E-state index in [2.05, 4.69) is 5.32 Å². The summed E-state index contributed by atoms with van der Waals surface area (Å²) in [6.45, 7) is 4.04. The minimum Gasteiger partial charge on any atom is -0.478 e. The molecule has 0 radical (unpaired) electrons. The summed E-state index contributed by atoms with van der Waals surface area (Å²) in [5, 5.41) is 11.6. The molecule has 144 valence electrons. The van der Waals surface area contributed by atoms with Gasteiger partial charge in [-0.15, -0.1) is 0 Å². The van der Waals surface area contributed by atoms with Crippen molar-refractivity contribution in [2.45, 2.75) is 18.7 Å². The molecular weight excluding hydrogens is 392 g/mol. The molecule has 0 aliphatic rings. The van der Waals surface area contributed by atoms with Gasteiger partial charge in [0.2, 0.25) is 10.0 Å². The maximum Gasteiger partial charge on any atom is 0.335 e. The molecule has 0 heterocycles. The number of carboxylic acid groups (broad SMARTS) is 1. The van der Waals surface area contributed by atoms with Crippen molar-refractivity contribution in [1.29, 1.82) is 0 Å². The van der Waals surface area contributed by atoms with E-state index in [9.17, 15) is 18.0 Å². The predicted molar refractivity (Wildman–Crippen MR) is 103 cm³/mol. The number of nitrogens with one attached hydrogen (secondary N) is 1. The van der Waals surface area contributed by atoms with E-state index in [1.165, 1.54) is 46.8 Å². The average molecular weight is 411 g/mol. The Morgan fingerprint density at radius 1 is 1.11 bits per heavy atom.